The second kappa shape index (κ2) is 9.92. The van der Waals surface area contributed by atoms with Crippen molar-refractivity contribution < 1.29 is 19.1 Å². The molecule has 2 atom stereocenters. The van der Waals surface area contributed by atoms with Gasteiger partial charge in [0.15, 0.2) is 5.78 Å². The van der Waals surface area contributed by atoms with Crippen molar-refractivity contribution in [3.8, 4) is 0 Å². The number of piperidine rings is 1. The van der Waals surface area contributed by atoms with Gasteiger partial charge < -0.3 is 20.1 Å². The zero-order valence-electron chi connectivity index (χ0n) is 17.9. The van der Waals surface area contributed by atoms with E-state index < -0.39 is 17.1 Å². The lowest BCUT2D eigenvalue weighted by atomic mass is 9.71. The van der Waals surface area contributed by atoms with E-state index in [-0.39, 0.29) is 18.5 Å². The summed E-state index contributed by atoms with van der Waals surface area (Å²) < 4.78 is 10.6. The summed E-state index contributed by atoms with van der Waals surface area (Å²) in [6.07, 6.45) is 2.25. The predicted octanol–water partition coefficient (Wildman–Crippen LogP) is 3.83. The van der Waals surface area contributed by atoms with Gasteiger partial charge in [0, 0.05) is 31.6 Å². The normalized spacial score (nSPS) is 21.0. The van der Waals surface area contributed by atoms with Gasteiger partial charge in [-0.25, -0.2) is 4.79 Å². The quantitative estimate of drug-likeness (QED) is 0.719. The van der Waals surface area contributed by atoms with E-state index >= 15 is 0 Å². The van der Waals surface area contributed by atoms with E-state index in [1.165, 1.54) is 7.11 Å². The number of nitrogens with zero attached hydrogens (tertiary/aromatic N) is 1. The minimum atomic E-state index is -0.668. The van der Waals surface area contributed by atoms with Crippen molar-refractivity contribution >= 4 is 23.5 Å². The molecule has 1 aliphatic rings. The van der Waals surface area contributed by atoms with Gasteiger partial charge >= 0.3 is 6.09 Å². The average molecular weight is 425 g/mol. The first-order valence-corrected chi connectivity index (χ1v) is 10.4. The molecule has 0 radical (unpaired) electrons. The molecule has 1 aromatic rings. The summed E-state index contributed by atoms with van der Waals surface area (Å²) in [6.45, 7) is 6.81. The summed E-state index contributed by atoms with van der Waals surface area (Å²) in [4.78, 5) is 27.2. The molecule has 6 nitrogen and oxygen atoms in total. The van der Waals surface area contributed by atoms with Crippen molar-refractivity contribution in [2.24, 2.45) is 11.1 Å². The molecule has 1 saturated heterocycles. The van der Waals surface area contributed by atoms with Crippen molar-refractivity contribution in [3.63, 3.8) is 0 Å². The Bertz CT molecular complexity index is 702. The fourth-order valence-electron chi connectivity index (χ4n) is 3.85. The maximum absolute atomic E-state index is 12.8. The molecule has 0 saturated carbocycles. The Kier molecular flexibility index (Phi) is 8.09. The molecule has 162 valence electrons. The number of amides is 1. The lowest BCUT2D eigenvalue weighted by Crippen LogP contribution is -2.50. The second-order valence-electron chi connectivity index (χ2n) is 9.01. The third kappa shape index (κ3) is 7.28. The number of benzene rings is 1. The molecule has 7 heteroatoms. The molecule has 0 aromatic heterocycles. The molecule has 2 N–H and O–H groups in total. The Hall–Kier alpha value is -1.63. The smallest absolute Gasteiger partial charge is 0.410 e. The van der Waals surface area contributed by atoms with Crippen molar-refractivity contribution in [2.75, 3.05) is 26.8 Å². The van der Waals surface area contributed by atoms with Crippen LogP contribution < -0.4 is 5.73 Å². The molecule has 1 aromatic carbocycles. The molecule has 2 rings (SSSR count). The van der Waals surface area contributed by atoms with Gasteiger partial charge in [0.1, 0.15) is 5.60 Å². The fourth-order valence-corrected chi connectivity index (χ4v) is 3.98. The van der Waals surface area contributed by atoms with Gasteiger partial charge in [-0.15, -0.1) is 0 Å². The molecule has 1 amide bonds. The standard InChI is InChI=1S/C22H33ClN2O4/c1-21(2,3)29-20(27)25-11-5-10-22(15-25,13-19(26)18(24)14-28-4)12-16-6-8-17(23)9-7-16/h6-9,18H,5,10-15,24H2,1-4H3/t18-,22-/m0/s1. The third-order valence-corrected chi connectivity index (χ3v) is 5.37. The first kappa shape index (κ1) is 23.6. The van der Waals surface area contributed by atoms with Crippen molar-refractivity contribution in [1.82, 2.24) is 4.90 Å². The monoisotopic (exact) mass is 424 g/mol. The first-order chi connectivity index (χ1) is 13.5. The third-order valence-electron chi connectivity index (χ3n) is 5.11. The van der Waals surface area contributed by atoms with E-state index in [9.17, 15) is 9.59 Å². The Balaban J connectivity index is 2.24. The second-order valence-corrected chi connectivity index (χ2v) is 9.45. The summed E-state index contributed by atoms with van der Waals surface area (Å²) in [5, 5.41) is 0.667. The number of ether oxygens (including phenoxy) is 2. The molecule has 1 fully saturated rings. The topological polar surface area (TPSA) is 81.9 Å². The number of likely N-dealkylation sites (tertiary alicyclic amines) is 1. The molecule has 0 aliphatic carbocycles. The van der Waals surface area contributed by atoms with E-state index in [4.69, 9.17) is 26.8 Å². The van der Waals surface area contributed by atoms with Gasteiger partial charge in [-0.2, -0.15) is 0 Å². The van der Waals surface area contributed by atoms with Crippen LogP contribution >= 0.6 is 11.6 Å². The zero-order valence-corrected chi connectivity index (χ0v) is 18.6. The van der Waals surface area contributed by atoms with Gasteiger partial charge in [0.25, 0.3) is 0 Å². The lowest BCUT2D eigenvalue weighted by molar-refractivity contribution is -0.124. The Morgan fingerprint density at radius 1 is 1.28 bits per heavy atom. The number of hydrogen-bond acceptors (Lipinski definition) is 5. The van der Waals surface area contributed by atoms with Crippen LogP contribution in [0.15, 0.2) is 24.3 Å². The minimum Gasteiger partial charge on any atom is -0.444 e. The highest BCUT2D eigenvalue weighted by Crippen LogP contribution is 2.38. The van der Waals surface area contributed by atoms with Crippen molar-refractivity contribution in [2.45, 2.75) is 58.1 Å². The van der Waals surface area contributed by atoms with Crippen molar-refractivity contribution in [3.05, 3.63) is 34.9 Å². The number of carbonyl (C=O) groups excluding carboxylic acids is 2. The minimum absolute atomic E-state index is 0.0492. The van der Waals surface area contributed by atoms with Gasteiger partial charge in [-0.1, -0.05) is 23.7 Å². The molecule has 0 spiro atoms. The van der Waals surface area contributed by atoms with Gasteiger partial charge in [-0.3, -0.25) is 4.79 Å². The Labute approximate surface area is 178 Å². The van der Waals surface area contributed by atoms with Crippen LogP contribution in [0, 0.1) is 5.41 Å². The zero-order chi connectivity index (χ0) is 21.7. The van der Waals surface area contributed by atoms with Crippen LogP contribution in [0.1, 0.15) is 45.6 Å². The predicted molar refractivity (Wildman–Crippen MR) is 114 cm³/mol. The Morgan fingerprint density at radius 2 is 1.93 bits per heavy atom. The summed E-state index contributed by atoms with van der Waals surface area (Å²) in [6, 6.07) is 6.96. The molecule has 29 heavy (non-hydrogen) atoms. The van der Waals surface area contributed by atoms with Crippen molar-refractivity contribution in [1.29, 1.82) is 0 Å². The number of nitrogens with two attached hydrogens (primary N) is 1. The molecule has 1 aliphatic heterocycles. The highest BCUT2D eigenvalue weighted by atomic mass is 35.5. The van der Waals surface area contributed by atoms with Crippen LogP contribution in [-0.4, -0.2) is 55.2 Å². The molecule has 0 unspecified atom stereocenters. The molecular weight excluding hydrogens is 392 g/mol. The van der Waals surface area contributed by atoms with Gasteiger partial charge in [-0.05, 0) is 63.1 Å². The maximum Gasteiger partial charge on any atom is 0.410 e. The van der Waals surface area contributed by atoms with E-state index in [1.54, 1.807) is 4.90 Å². The number of halogens is 1. The van der Waals surface area contributed by atoms with E-state index in [1.807, 2.05) is 45.0 Å². The number of hydrogen-bond donors (Lipinski definition) is 1. The summed E-state index contributed by atoms with van der Waals surface area (Å²) in [5.41, 5.74) is 6.11. The van der Waals surface area contributed by atoms with Gasteiger partial charge in [0.2, 0.25) is 0 Å². The molecular formula is C22H33ClN2O4. The number of rotatable bonds is 7. The largest absolute Gasteiger partial charge is 0.444 e. The number of carbonyl (C=O) groups is 2. The van der Waals surface area contributed by atoms with Crippen LogP contribution in [0.2, 0.25) is 5.02 Å². The molecule has 0 bridgehead atoms. The summed E-state index contributed by atoms with van der Waals surface area (Å²) in [5.74, 6) is -0.0492. The summed E-state index contributed by atoms with van der Waals surface area (Å²) in [7, 11) is 1.53. The Morgan fingerprint density at radius 3 is 2.52 bits per heavy atom. The first-order valence-electron chi connectivity index (χ1n) is 10.0. The number of Topliss-reactive ketones (excluding diaryl/α,β-unsaturated/α-hetero) is 1. The average Bonchev–Trinajstić information content (AvgIpc) is 2.62. The highest BCUT2D eigenvalue weighted by molar-refractivity contribution is 6.30. The number of ketones is 1. The van der Waals surface area contributed by atoms with E-state index in [2.05, 4.69) is 0 Å². The maximum atomic E-state index is 12.8. The van der Waals surface area contributed by atoms with Crippen LogP contribution in [0.5, 0.6) is 0 Å². The SMILES string of the molecule is COC[C@H](N)C(=O)C[C@@]1(Cc2ccc(Cl)cc2)CCCN(C(=O)OC(C)(C)C)C1. The number of methoxy groups -OCH3 is 1. The van der Waals surface area contributed by atoms with Crippen LogP contribution in [0.4, 0.5) is 4.79 Å². The van der Waals surface area contributed by atoms with Crippen LogP contribution in [0.25, 0.3) is 0 Å². The summed E-state index contributed by atoms with van der Waals surface area (Å²) >= 11 is 6.02. The molecule has 1 heterocycles. The van der Waals surface area contributed by atoms with Crippen LogP contribution in [0.3, 0.4) is 0 Å². The van der Waals surface area contributed by atoms with Gasteiger partial charge in [0.05, 0.1) is 12.6 Å². The van der Waals surface area contributed by atoms with E-state index in [0.717, 1.165) is 18.4 Å². The lowest BCUT2D eigenvalue weighted by Gasteiger charge is -2.43. The van der Waals surface area contributed by atoms with E-state index in [0.29, 0.717) is 31.0 Å². The highest BCUT2D eigenvalue weighted by Gasteiger charge is 2.40. The fraction of sp³-hybridized carbons (Fsp3) is 0.636. The van der Waals surface area contributed by atoms with Crippen LogP contribution in [-0.2, 0) is 20.7 Å².